The molecule has 2 amide bonds. The zero-order valence-electron chi connectivity index (χ0n) is 41.8. The normalized spacial score (nSPS) is 23.4. The lowest BCUT2D eigenvalue weighted by Gasteiger charge is -2.62. The van der Waals surface area contributed by atoms with Gasteiger partial charge in [-0.1, -0.05) is 26.8 Å². The Hall–Kier alpha value is -5.90. The van der Waals surface area contributed by atoms with Crippen LogP contribution in [-0.4, -0.2) is 138 Å². The number of amides is 2. The van der Waals surface area contributed by atoms with Crippen LogP contribution in [0.5, 0.6) is 11.5 Å². The van der Waals surface area contributed by atoms with Gasteiger partial charge in [-0.3, -0.25) is 24.1 Å². The van der Waals surface area contributed by atoms with Crippen molar-refractivity contribution >= 4 is 56.3 Å². The molecule has 0 radical (unpaired) electrons. The highest BCUT2D eigenvalue weighted by molar-refractivity contribution is 6.74. The van der Waals surface area contributed by atoms with Crippen LogP contribution in [0.25, 0.3) is 0 Å². The minimum absolute atomic E-state index is 0.0240. The molecular formula is C47H67N3O18Si. The van der Waals surface area contributed by atoms with Gasteiger partial charge in [-0.05, 0) is 118 Å². The number of carbonyl (C=O) groups excluding carboxylic acids is 6. The van der Waals surface area contributed by atoms with Gasteiger partial charge in [-0.2, -0.15) is 0 Å². The number of likely N-dealkylation sites (tertiary alicyclic amines) is 1. The van der Waals surface area contributed by atoms with E-state index in [0.29, 0.717) is 30.0 Å². The monoisotopic (exact) mass is 989 g/mol. The van der Waals surface area contributed by atoms with Crippen LogP contribution >= 0.6 is 0 Å². The molecule has 1 aromatic rings. The van der Waals surface area contributed by atoms with E-state index in [1.54, 1.807) is 41.5 Å². The Kier molecular flexibility index (Phi) is 15.3. The van der Waals surface area contributed by atoms with Crippen LogP contribution in [0.3, 0.4) is 0 Å². The SMILES string of the molecule is C[C@H](OC(=O)OC(C)(C)C)C(=O)N[C@@H](CC(=O)OC1=CC[C@@]2(OC(=O)C[C@H](NC(=O)[C@H](C)OC(=O)OC(C)(C)C)C(=O)O)[C@H]3Cc4ccc(O[Si](C)(C)C(C)(C)C)c5c4[C@@]2(CCN3C)[C@H]1O5)C(=O)O. The molecule has 4 N–H and O–H groups in total. The quantitative estimate of drug-likeness (QED) is 0.0959. The van der Waals surface area contributed by atoms with Crippen molar-refractivity contribution in [3.63, 3.8) is 0 Å². The Morgan fingerprint density at radius 3 is 1.80 bits per heavy atom. The molecule has 21 nitrogen and oxygen atoms in total. The zero-order chi connectivity index (χ0) is 52.0. The fourth-order valence-electron chi connectivity index (χ4n) is 8.78. The van der Waals surface area contributed by atoms with Gasteiger partial charge in [-0.15, -0.1) is 0 Å². The van der Waals surface area contributed by atoms with Crippen molar-refractivity contribution in [2.75, 3.05) is 13.6 Å². The van der Waals surface area contributed by atoms with Gasteiger partial charge in [0.25, 0.3) is 20.1 Å². The van der Waals surface area contributed by atoms with E-state index >= 15 is 0 Å². The minimum Gasteiger partial charge on any atom is -0.541 e. The van der Waals surface area contributed by atoms with Gasteiger partial charge < -0.3 is 58.4 Å². The molecule has 69 heavy (non-hydrogen) atoms. The predicted molar refractivity (Wildman–Crippen MR) is 245 cm³/mol. The second-order valence-corrected chi connectivity index (χ2v) is 26.2. The number of hydrogen-bond donors (Lipinski definition) is 4. The number of ether oxygens (including phenoxy) is 7. The summed E-state index contributed by atoms with van der Waals surface area (Å²) in [7, 11) is -0.686. The minimum atomic E-state index is -2.55. The van der Waals surface area contributed by atoms with Gasteiger partial charge in [0.05, 0.1) is 24.3 Å². The summed E-state index contributed by atoms with van der Waals surface area (Å²) in [5.41, 5.74) is -3.17. The molecule has 0 aromatic heterocycles. The molecule has 5 rings (SSSR count). The number of likely N-dealkylation sites (N-methyl/N-ethyl adjacent to an activating group) is 1. The Morgan fingerprint density at radius 1 is 0.812 bits per heavy atom. The molecule has 2 heterocycles. The van der Waals surface area contributed by atoms with E-state index in [0.717, 1.165) is 5.56 Å². The molecule has 2 aliphatic heterocycles. The van der Waals surface area contributed by atoms with Crippen LogP contribution in [0.4, 0.5) is 9.59 Å². The van der Waals surface area contributed by atoms with Crippen LogP contribution in [0.2, 0.25) is 18.1 Å². The Morgan fingerprint density at radius 2 is 1.32 bits per heavy atom. The van der Waals surface area contributed by atoms with Crippen LogP contribution < -0.4 is 19.8 Å². The molecule has 0 unspecified atom stereocenters. The second kappa shape index (κ2) is 19.5. The van der Waals surface area contributed by atoms with Crippen molar-refractivity contribution in [3.8, 4) is 11.5 Å². The van der Waals surface area contributed by atoms with E-state index in [1.807, 2.05) is 24.1 Å². The summed E-state index contributed by atoms with van der Waals surface area (Å²) in [5.74, 6) is -6.51. The number of nitrogens with one attached hydrogen (secondary N) is 2. The first-order valence-corrected chi connectivity index (χ1v) is 25.7. The van der Waals surface area contributed by atoms with Gasteiger partial charge in [0.2, 0.25) is 0 Å². The molecule has 2 bridgehead atoms. The molecule has 382 valence electrons. The zero-order valence-corrected chi connectivity index (χ0v) is 42.8. The summed E-state index contributed by atoms with van der Waals surface area (Å²) in [6, 6.07) is -0.434. The average molecular weight is 990 g/mol. The van der Waals surface area contributed by atoms with Gasteiger partial charge in [0.15, 0.2) is 24.1 Å². The number of benzene rings is 1. The molecule has 8 atom stereocenters. The number of aliphatic carboxylic acids is 2. The van der Waals surface area contributed by atoms with E-state index in [2.05, 4.69) is 44.5 Å². The van der Waals surface area contributed by atoms with Crippen molar-refractivity contribution in [1.82, 2.24) is 15.5 Å². The summed E-state index contributed by atoms with van der Waals surface area (Å²) < 4.78 is 46.6. The van der Waals surface area contributed by atoms with Gasteiger partial charge >= 0.3 is 36.2 Å². The van der Waals surface area contributed by atoms with Crippen molar-refractivity contribution in [2.45, 2.75) is 185 Å². The number of nitrogens with zero attached hydrogens (tertiary/aromatic N) is 1. The number of esters is 2. The molecule has 0 saturated carbocycles. The van der Waals surface area contributed by atoms with Crippen molar-refractivity contribution in [2.24, 2.45) is 0 Å². The highest BCUT2D eigenvalue weighted by atomic mass is 28.4. The lowest BCUT2D eigenvalue weighted by Crippen LogP contribution is -2.75. The highest BCUT2D eigenvalue weighted by Gasteiger charge is 2.74. The van der Waals surface area contributed by atoms with Crippen molar-refractivity contribution in [3.05, 3.63) is 35.1 Å². The average Bonchev–Trinajstić information content (AvgIpc) is 3.54. The maximum atomic E-state index is 14.3. The van der Waals surface area contributed by atoms with Crippen molar-refractivity contribution < 1.29 is 86.2 Å². The van der Waals surface area contributed by atoms with E-state index in [9.17, 15) is 48.6 Å². The molecule has 1 spiro atoms. The maximum Gasteiger partial charge on any atom is 0.509 e. The summed E-state index contributed by atoms with van der Waals surface area (Å²) >= 11 is 0. The smallest absolute Gasteiger partial charge is 0.509 e. The van der Waals surface area contributed by atoms with Gasteiger partial charge in [0.1, 0.15) is 40.4 Å². The van der Waals surface area contributed by atoms with Crippen molar-refractivity contribution in [1.29, 1.82) is 0 Å². The Labute approximate surface area is 402 Å². The number of hydrogen-bond acceptors (Lipinski definition) is 17. The largest absolute Gasteiger partial charge is 0.541 e. The summed E-state index contributed by atoms with van der Waals surface area (Å²) in [5, 5.41) is 24.5. The van der Waals surface area contributed by atoms with E-state index in [4.69, 9.17) is 37.6 Å². The van der Waals surface area contributed by atoms with E-state index in [-0.39, 0.29) is 23.6 Å². The van der Waals surface area contributed by atoms with Crippen LogP contribution in [0.1, 0.15) is 113 Å². The third kappa shape index (κ3) is 11.6. The Balaban J connectivity index is 1.49. The molecule has 1 fully saturated rings. The topological polar surface area (TPSA) is 278 Å². The predicted octanol–water partition coefficient (Wildman–Crippen LogP) is 5.04. The fourth-order valence-corrected chi connectivity index (χ4v) is 9.79. The maximum absolute atomic E-state index is 14.3. The molecule has 22 heteroatoms. The lowest BCUT2D eigenvalue weighted by molar-refractivity contribution is -0.207. The summed E-state index contributed by atoms with van der Waals surface area (Å²) in [4.78, 5) is 106. The highest BCUT2D eigenvalue weighted by Crippen LogP contribution is 2.67. The number of rotatable bonds is 16. The number of piperidine rings is 1. The second-order valence-electron chi connectivity index (χ2n) is 21.5. The number of carboxylic acids is 2. The first kappa shape index (κ1) is 54.0. The van der Waals surface area contributed by atoms with Crippen LogP contribution in [0, 0.1) is 0 Å². The summed E-state index contributed by atoms with van der Waals surface area (Å²) in [6.07, 6.45) is -6.17. The molecular weight excluding hydrogens is 923 g/mol. The van der Waals surface area contributed by atoms with E-state index in [1.165, 1.54) is 19.9 Å². The standard InChI is InChI=1S/C47H67N3O18Si/c1-24(61-41(59)66-43(3,4)5)37(53)48-27(39(55)56)22-32(51)63-30-17-18-47(65-33(52)23-28(40(57)58)49-38(54)25(2)62-42(60)67-44(6,7)8)31-21-26-15-16-29(68-69(13,14)45(9,10)11)35-34(26)46(47,36(30)64-35)19-20-50(31)12/h15-17,24-25,27-28,31,36H,18-23H2,1-14H3,(H,48,53)(H,49,54)(H,55,56)(H,57,58)/t24-,25-,27-,28-,31+,36-,46-,47+/m0/s1. The lowest BCUT2D eigenvalue weighted by atomic mass is 9.50. The molecule has 2 aliphatic carbocycles. The number of carbonyl (C=O) groups is 8. The molecule has 4 aliphatic rings. The molecule has 1 saturated heterocycles. The third-order valence-electron chi connectivity index (χ3n) is 13.0. The summed E-state index contributed by atoms with van der Waals surface area (Å²) in [6.45, 7) is 22.8. The third-order valence-corrected chi connectivity index (χ3v) is 17.4. The first-order chi connectivity index (χ1) is 31.6. The Bertz CT molecular complexity index is 2280. The van der Waals surface area contributed by atoms with Crippen LogP contribution in [-0.2, 0) is 69.0 Å². The van der Waals surface area contributed by atoms with E-state index < -0.39 is 128 Å². The van der Waals surface area contributed by atoms with Gasteiger partial charge in [-0.25, -0.2) is 19.2 Å². The van der Waals surface area contributed by atoms with Crippen LogP contribution in [0.15, 0.2) is 24.0 Å². The van der Waals surface area contributed by atoms with Gasteiger partial charge in [0, 0.05) is 12.0 Å². The fraction of sp³-hybridized carbons (Fsp3) is 0.660. The molecule has 1 aromatic carbocycles. The number of carboxylic acid groups (broad SMARTS) is 2. The first-order valence-electron chi connectivity index (χ1n) is 22.8.